The number of nitrogens with one attached hydrogen (secondary N) is 4. The van der Waals surface area contributed by atoms with Gasteiger partial charge in [-0.2, -0.15) is 4.39 Å². The van der Waals surface area contributed by atoms with Gasteiger partial charge in [-0.15, -0.1) is 0 Å². The highest BCUT2D eigenvalue weighted by Crippen LogP contribution is 2.28. The van der Waals surface area contributed by atoms with E-state index < -0.39 is 64.3 Å². The number of rotatable bonds is 14. The van der Waals surface area contributed by atoms with Crippen LogP contribution in [-0.2, 0) is 22.6 Å². The fourth-order valence-electron chi connectivity index (χ4n) is 6.38. The van der Waals surface area contributed by atoms with Gasteiger partial charge in [0.15, 0.2) is 0 Å². The summed E-state index contributed by atoms with van der Waals surface area (Å²) in [5.41, 5.74) is 1.90. The zero-order valence-electron chi connectivity index (χ0n) is 30.6. The first-order valence-electron chi connectivity index (χ1n) is 17.9. The molecule has 1 fully saturated rings. The molecule has 0 aliphatic carbocycles. The predicted molar refractivity (Wildman–Crippen MR) is 204 cm³/mol. The Labute approximate surface area is 323 Å². The lowest BCUT2D eigenvalue weighted by Gasteiger charge is -2.27. The second-order valence-electron chi connectivity index (χ2n) is 13.3. The number of halogens is 4. The summed E-state index contributed by atoms with van der Waals surface area (Å²) in [7, 11) is 0. The number of carbonyl (C=O) groups excluding carboxylic acids is 4. The molecule has 3 aromatic carbocycles. The average Bonchev–Trinajstić information content (AvgIpc) is 3.17. The van der Waals surface area contributed by atoms with E-state index in [0.717, 1.165) is 21.7 Å². The van der Waals surface area contributed by atoms with E-state index in [1.165, 1.54) is 48.7 Å². The van der Waals surface area contributed by atoms with Crippen LogP contribution >= 0.6 is 0 Å². The number of urea groups is 1. The van der Waals surface area contributed by atoms with Gasteiger partial charge in [-0.25, -0.2) is 22.9 Å². The summed E-state index contributed by atoms with van der Waals surface area (Å²) < 4.78 is 58.1. The standard InChI is InChI=1S/C41H37F4N7O5/c1-24-17-36(45)48-21-32(24)30-6-3-2-5-26(30)18-34(49-38(54)31-19-28(43)23-51(40(31)56)22-25-7-9-27(42)10-8-25)39(55)47-15-4-14-46-29-11-12-35(33(44)20-29)52-16-13-37(53)50-41(52)57/h2-3,5-12,17,19-21,23,34,46H,4,13-16,18,22H2,1H3,(H,47,55)(H,49,54)(H,50,53,57)/t34-/m0/s1. The molecule has 5 aromatic rings. The molecule has 2 aromatic heterocycles. The van der Waals surface area contributed by atoms with Crippen molar-refractivity contribution in [2.45, 2.75) is 38.8 Å². The predicted octanol–water partition coefficient (Wildman–Crippen LogP) is 5.23. The summed E-state index contributed by atoms with van der Waals surface area (Å²) in [6.07, 6.45) is 2.60. The lowest BCUT2D eigenvalue weighted by molar-refractivity contribution is -0.123. The molecule has 5 amide bonds. The highest BCUT2D eigenvalue weighted by Gasteiger charge is 2.27. The fraction of sp³-hybridized carbons (Fsp3) is 0.220. The summed E-state index contributed by atoms with van der Waals surface area (Å²) in [5, 5.41) is 10.6. The Morgan fingerprint density at radius 1 is 0.895 bits per heavy atom. The van der Waals surface area contributed by atoms with Crippen LogP contribution in [0.1, 0.15) is 39.9 Å². The maximum atomic E-state index is 14.9. The number of hydrogen-bond donors (Lipinski definition) is 4. The fourth-order valence-corrected chi connectivity index (χ4v) is 6.38. The first kappa shape index (κ1) is 39.8. The van der Waals surface area contributed by atoms with E-state index in [2.05, 4.69) is 26.3 Å². The molecule has 3 heterocycles. The van der Waals surface area contributed by atoms with E-state index >= 15 is 0 Å². The van der Waals surface area contributed by atoms with Crippen molar-refractivity contribution in [1.29, 1.82) is 0 Å². The van der Waals surface area contributed by atoms with Crippen LogP contribution in [0.2, 0.25) is 0 Å². The van der Waals surface area contributed by atoms with Gasteiger partial charge >= 0.3 is 6.03 Å². The molecule has 4 N–H and O–H groups in total. The number of hydrogen-bond acceptors (Lipinski definition) is 7. The van der Waals surface area contributed by atoms with Crippen LogP contribution < -0.4 is 31.7 Å². The third kappa shape index (κ3) is 9.89. The van der Waals surface area contributed by atoms with Crippen molar-refractivity contribution in [3.63, 3.8) is 0 Å². The number of anilines is 2. The van der Waals surface area contributed by atoms with E-state index in [1.54, 1.807) is 37.3 Å². The topological polar surface area (TPSA) is 155 Å². The molecule has 1 saturated heterocycles. The molecule has 294 valence electrons. The Hall–Kier alpha value is -6.84. The first-order valence-corrected chi connectivity index (χ1v) is 17.9. The Balaban J connectivity index is 1.16. The Bertz CT molecular complexity index is 2390. The lowest BCUT2D eigenvalue weighted by Crippen LogP contribution is -2.49. The van der Waals surface area contributed by atoms with E-state index in [4.69, 9.17) is 0 Å². The summed E-state index contributed by atoms with van der Waals surface area (Å²) in [5.74, 6) is -4.79. The molecule has 16 heteroatoms. The Kier molecular flexibility index (Phi) is 12.4. The molecule has 1 aliphatic rings. The van der Waals surface area contributed by atoms with Crippen LogP contribution in [0.15, 0.2) is 96.1 Å². The molecule has 12 nitrogen and oxygen atoms in total. The molecule has 0 unspecified atom stereocenters. The smallest absolute Gasteiger partial charge is 0.328 e. The van der Waals surface area contributed by atoms with Crippen LogP contribution in [0.4, 0.5) is 33.7 Å². The average molecular weight is 784 g/mol. The van der Waals surface area contributed by atoms with Gasteiger partial charge in [-0.1, -0.05) is 36.4 Å². The highest BCUT2D eigenvalue weighted by molar-refractivity contribution is 6.05. The van der Waals surface area contributed by atoms with E-state index in [9.17, 15) is 41.5 Å². The first-order chi connectivity index (χ1) is 27.4. The summed E-state index contributed by atoms with van der Waals surface area (Å²) in [6, 6.07) is 16.5. The molecular formula is C41H37F4N7O5. The molecular weight excluding hydrogens is 746 g/mol. The van der Waals surface area contributed by atoms with E-state index in [-0.39, 0.29) is 44.7 Å². The number of imide groups is 1. The van der Waals surface area contributed by atoms with Gasteiger partial charge < -0.3 is 20.5 Å². The number of amides is 5. The second kappa shape index (κ2) is 17.7. The number of aromatic nitrogens is 2. The zero-order valence-corrected chi connectivity index (χ0v) is 30.6. The quantitative estimate of drug-likeness (QED) is 0.0684. The summed E-state index contributed by atoms with van der Waals surface area (Å²) in [4.78, 5) is 69.4. The minimum atomic E-state index is -1.28. The summed E-state index contributed by atoms with van der Waals surface area (Å²) >= 11 is 0. The highest BCUT2D eigenvalue weighted by atomic mass is 19.1. The molecule has 1 atom stereocenters. The Morgan fingerprint density at radius 3 is 2.40 bits per heavy atom. The van der Waals surface area contributed by atoms with Crippen LogP contribution in [0.3, 0.4) is 0 Å². The van der Waals surface area contributed by atoms with Crippen molar-refractivity contribution in [2.75, 3.05) is 29.9 Å². The maximum absolute atomic E-state index is 14.9. The minimum absolute atomic E-state index is 0.0170. The zero-order chi connectivity index (χ0) is 40.6. The molecule has 0 saturated carbocycles. The van der Waals surface area contributed by atoms with Crippen molar-refractivity contribution in [2.24, 2.45) is 0 Å². The van der Waals surface area contributed by atoms with Gasteiger partial charge in [0, 0.05) is 56.1 Å². The third-order valence-electron chi connectivity index (χ3n) is 9.27. The number of benzene rings is 3. The molecule has 57 heavy (non-hydrogen) atoms. The normalized spacial score (nSPS) is 13.2. The monoisotopic (exact) mass is 783 g/mol. The van der Waals surface area contributed by atoms with Crippen molar-refractivity contribution in [3.05, 3.63) is 147 Å². The van der Waals surface area contributed by atoms with Gasteiger partial charge in [-0.3, -0.25) is 29.4 Å². The number of pyridine rings is 2. The maximum Gasteiger partial charge on any atom is 0.328 e. The van der Waals surface area contributed by atoms with Crippen LogP contribution in [0, 0.1) is 30.3 Å². The van der Waals surface area contributed by atoms with Gasteiger partial charge in [-0.05, 0) is 78.1 Å². The molecule has 1 aliphatic heterocycles. The van der Waals surface area contributed by atoms with Crippen molar-refractivity contribution < 1.29 is 36.7 Å². The third-order valence-corrected chi connectivity index (χ3v) is 9.27. The molecule has 0 bridgehead atoms. The SMILES string of the molecule is Cc1cc(F)ncc1-c1ccccc1C[C@H](NC(=O)c1cc(F)cn(Cc2ccc(F)cc2)c1=O)C(=O)NCCCNc1ccc(N2CCC(=O)NC2=O)c(F)c1. The van der Waals surface area contributed by atoms with Gasteiger partial charge in [0.2, 0.25) is 17.8 Å². The van der Waals surface area contributed by atoms with Gasteiger partial charge in [0.05, 0.1) is 12.2 Å². The van der Waals surface area contributed by atoms with Crippen LogP contribution in [-0.4, -0.2) is 59.0 Å². The van der Waals surface area contributed by atoms with Gasteiger partial charge in [0.25, 0.3) is 11.5 Å². The van der Waals surface area contributed by atoms with Crippen molar-refractivity contribution in [3.8, 4) is 11.1 Å². The number of nitrogens with zero attached hydrogens (tertiary/aromatic N) is 3. The van der Waals surface area contributed by atoms with Crippen molar-refractivity contribution >= 4 is 35.1 Å². The minimum Gasteiger partial charge on any atom is -0.385 e. The van der Waals surface area contributed by atoms with Gasteiger partial charge in [0.1, 0.15) is 29.1 Å². The van der Waals surface area contributed by atoms with E-state index in [1.807, 2.05) is 0 Å². The van der Waals surface area contributed by atoms with E-state index in [0.29, 0.717) is 39.9 Å². The van der Waals surface area contributed by atoms with Crippen molar-refractivity contribution in [1.82, 2.24) is 25.5 Å². The molecule has 0 radical (unpaired) electrons. The number of aryl methyl sites for hydroxylation is 1. The lowest BCUT2D eigenvalue weighted by atomic mass is 9.93. The Morgan fingerprint density at radius 2 is 1.67 bits per heavy atom. The second-order valence-corrected chi connectivity index (χ2v) is 13.3. The van der Waals surface area contributed by atoms with Crippen LogP contribution in [0.5, 0.6) is 0 Å². The molecule has 6 rings (SSSR count). The summed E-state index contributed by atoms with van der Waals surface area (Å²) in [6.45, 7) is 1.99. The largest absolute Gasteiger partial charge is 0.385 e. The number of carbonyl (C=O) groups is 4. The molecule has 0 spiro atoms. The van der Waals surface area contributed by atoms with Crippen LogP contribution in [0.25, 0.3) is 11.1 Å².